The molecule has 1 saturated carbocycles. The standard InChI is InChI=1S/C48H68O16/c1-30(2)39(51)59-24-47(25-60-40(52)31(3)4,26-61-41(53)32(5)6)22-57-37(49)16-17-46(15)20-36(19-45(13,14)21-46)18-38(50)58-23-48(27-62-42(54)33(7)8,28-63-43(55)34(9)10)29-64-44(56)35(11)12/h36H,1,3,5,7,9,11,16-29H2,2,4,6,8,10,12-15H3. The van der Waals surface area contributed by atoms with Gasteiger partial charge in [0.1, 0.15) is 63.7 Å². The van der Waals surface area contributed by atoms with Crippen LogP contribution in [-0.4, -0.2) is 101 Å². The summed E-state index contributed by atoms with van der Waals surface area (Å²) >= 11 is 0. The van der Waals surface area contributed by atoms with Crippen molar-refractivity contribution in [2.45, 2.75) is 101 Å². The van der Waals surface area contributed by atoms with Gasteiger partial charge >= 0.3 is 47.8 Å². The lowest BCUT2D eigenvalue weighted by Gasteiger charge is -2.46. The molecule has 0 saturated heterocycles. The zero-order valence-corrected chi connectivity index (χ0v) is 39.3. The van der Waals surface area contributed by atoms with Crippen LogP contribution in [-0.2, 0) is 76.3 Å². The molecule has 1 fully saturated rings. The second-order valence-electron chi connectivity index (χ2n) is 18.6. The largest absolute Gasteiger partial charge is 0.465 e. The number of carbonyl (C=O) groups is 8. The van der Waals surface area contributed by atoms with E-state index in [1.54, 1.807) is 0 Å². The Morgan fingerprint density at radius 3 is 0.984 bits per heavy atom. The van der Waals surface area contributed by atoms with Crippen molar-refractivity contribution in [2.24, 2.45) is 27.6 Å². The molecule has 0 amide bonds. The van der Waals surface area contributed by atoms with Gasteiger partial charge in [0.15, 0.2) is 0 Å². The van der Waals surface area contributed by atoms with Gasteiger partial charge < -0.3 is 37.9 Å². The number of ether oxygens (including phenoxy) is 8. The predicted octanol–water partition coefficient (Wildman–Crippen LogP) is 6.76. The van der Waals surface area contributed by atoms with Crippen LogP contribution in [0, 0.1) is 27.6 Å². The van der Waals surface area contributed by atoms with E-state index in [0.717, 1.165) is 0 Å². The third kappa shape index (κ3) is 20.1. The van der Waals surface area contributed by atoms with Gasteiger partial charge in [-0.3, -0.25) is 9.59 Å². The van der Waals surface area contributed by atoms with E-state index in [4.69, 9.17) is 37.9 Å². The van der Waals surface area contributed by atoms with E-state index in [0.29, 0.717) is 25.7 Å². The first-order chi connectivity index (χ1) is 29.5. The highest BCUT2D eigenvalue weighted by Crippen LogP contribution is 2.51. The molecule has 0 aromatic heterocycles. The Kier molecular flexibility index (Phi) is 21.9. The van der Waals surface area contributed by atoms with Crippen LogP contribution < -0.4 is 0 Å². The minimum Gasteiger partial charge on any atom is -0.465 e. The summed E-state index contributed by atoms with van der Waals surface area (Å²) in [5.41, 5.74) is -3.26. The van der Waals surface area contributed by atoms with Gasteiger partial charge in [-0.05, 0) is 84.0 Å². The molecule has 0 bridgehead atoms. The smallest absolute Gasteiger partial charge is 0.333 e. The molecular weight excluding hydrogens is 833 g/mol. The van der Waals surface area contributed by atoms with Crippen molar-refractivity contribution in [1.29, 1.82) is 0 Å². The van der Waals surface area contributed by atoms with Crippen molar-refractivity contribution in [2.75, 3.05) is 52.9 Å². The van der Waals surface area contributed by atoms with Crippen LogP contribution >= 0.6 is 0 Å². The maximum atomic E-state index is 13.6. The van der Waals surface area contributed by atoms with E-state index in [1.165, 1.54) is 41.5 Å². The van der Waals surface area contributed by atoms with Crippen LogP contribution in [0.5, 0.6) is 0 Å². The molecule has 16 heteroatoms. The van der Waals surface area contributed by atoms with Crippen LogP contribution in [0.25, 0.3) is 0 Å². The van der Waals surface area contributed by atoms with E-state index in [2.05, 4.69) is 53.3 Å². The van der Waals surface area contributed by atoms with Crippen LogP contribution in [0.1, 0.15) is 101 Å². The molecule has 356 valence electrons. The zero-order valence-electron chi connectivity index (χ0n) is 39.3. The second kappa shape index (κ2) is 24.9. The van der Waals surface area contributed by atoms with Crippen molar-refractivity contribution >= 4 is 47.8 Å². The Hall–Kier alpha value is -5.80. The average molecular weight is 901 g/mol. The maximum absolute atomic E-state index is 13.6. The first kappa shape index (κ1) is 56.2. The van der Waals surface area contributed by atoms with Gasteiger partial charge in [-0.2, -0.15) is 0 Å². The molecule has 1 rings (SSSR count). The number of hydrogen-bond acceptors (Lipinski definition) is 16. The van der Waals surface area contributed by atoms with Gasteiger partial charge in [-0.25, -0.2) is 28.8 Å². The fraction of sp³-hybridized carbons (Fsp3) is 0.583. The highest BCUT2D eigenvalue weighted by molar-refractivity contribution is 5.89. The summed E-state index contributed by atoms with van der Waals surface area (Å²) in [7, 11) is 0. The lowest BCUT2D eigenvalue weighted by molar-refractivity contribution is -0.171. The Bertz CT molecular complexity index is 1720. The second-order valence-corrected chi connectivity index (χ2v) is 18.6. The first-order valence-corrected chi connectivity index (χ1v) is 20.7. The van der Waals surface area contributed by atoms with Crippen LogP contribution in [0.2, 0.25) is 0 Å². The number of rotatable bonds is 27. The molecular formula is C48H68O16. The Balaban J connectivity index is 3.26. The summed E-state index contributed by atoms with van der Waals surface area (Å²) in [6.07, 6.45) is 2.15. The lowest BCUT2D eigenvalue weighted by atomic mass is 9.59. The zero-order chi connectivity index (χ0) is 49.2. The summed E-state index contributed by atoms with van der Waals surface area (Å²) in [6, 6.07) is 0. The van der Waals surface area contributed by atoms with Crippen molar-refractivity contribution in [3.8, 4) is 0 Å². The topological polar surface area (TPSA) is 210 Å². The van der Waals surface area contributed by atoms with Gasteiger partial charge in [0.2, 0.25) is 0 Å². The van der Waals surface area contributed by atoms with E-state index >= 15 is 0 Å². The van der Waals surface area contributed by atoms with Crippen molar-refractivity contribution in [1.82, 2.24) is 0 Å². The molecule has 16 nitrogen and oxygen atoms in total. The van der Waals surface area contributed by atoms with Gasteiger partial charge in [0, 0.05) is 46.3 Å². The fourth-order valence-corrected chi connectivity index (χ4v) is 6.97. The molecule has 0 aromatic rings. The molecule has 0 aromatic carbocycles. The van der Waals surface area contributed by atoms with E-state index < -0.39 is 117 Å². The predicted molar refractivity (Wildman–Crippen MR) is 235 cm³/mol. The first-order valence-electron chi connectivity index (χ1n) is 20.7. The average Bonchev–Trinajstić information content (AvgIpc) is 3.19. The van der Waals surface area contributed by atoms with Crippen molar-refractivity contribution in [3.05, 3.63) is 72.9 Å². The molecule has 2 unspecified atom stereocenters. The normalized spacial score (nSPS) is 16.7. The summed E-state index contributed by atoms with van der Waals surface area (Å²) in [5, 5.41) is 0. The van der Waals surface area contributed by atoms with Gasteiger partial charge in [-0.1, -0.05) is 60.2 Å². The van der Waals surface area contributed by atoms with E-state index in [1.807, 2.05) is 6.92 Å². The fourth-order valence-electron chi connectivity index (χ4n) is 6.97. The number of carbonyl (C=O) groups excluding carboxylic acids is 8. The van der Waals surface area contributed by atoms with E-state index in [-0.39, 0.29) is 57.6 Å². The molecule has 2 atom stereocenters. The van der Waals surface area contributed by atoms with Crippen LogP contribution in [0.15, 0.2) is 72.9 Å². The van der Waals surface area contributed by atoms with Crippen molar-refractivity contribution < 1.29 is 76.3 Å². The molecule has 0 radical (unpaired) electrons. The lowest BCUT2D eigenvalue weighted by Crippen LogP contribution is -2.44. The molecule has 0 spiro atoms. The summed E-state index contributed by atoms with van der Waals surface area (Å²) in [6.45, 7) is 32.4. The summed E-state index contributed by atoms with van der Waals surface area (Å²) in [5.74, 6) is -6.04. The quantitative estimate of drug-likeness (QED) is 0.0473. The molecule has 64 heavy (non-hydrogen) atoms. The molecule has 0 aliphatic heterocycles. The number of esters is 8. The van der Waals surface area contributed by atoms with Gasteiger partial charge in [0.25, 0.3) is 0 Å². The molecule has 0 N–H and O–H groups in total. The molecule has 1 aliphatic rings. The van der Waals surface area contributed by atoms with Crippen LogP contribution in [0.3, 0.4) is 0 Å². The van der Waals surface area contributed by atoms with E-state index in [9.17, 15) is 38.4 Å². The van der Waals surface area contributed by atoms with Gasteiger partial charge in [-0.15, -0.1) is 0 Å². The van der Waals surface area contributed by atoms with Crippen LogP contribution in [0.4, 0.5) is 0 Å². The Labute approximate surface area is 377 Å². The highest BCUT2D eigenvalue weighted by Gasteiger charge is 2.44. The van der Waals surface area contributed by atoms with Gasteiger partial charge in [0.05, 0.1) is 0 Å². The molecule has 0 heterocycles. The SMILES string of the molecule is C=C(C)C(=O)OCC(COC(=O)CCC1(C)CC(CC(=O)OCC(COC(=O)C(=C)C)(COC(=O)C(=C)C)COC(=O)C(=C)C)CC(C)(C)C1)(COC(=O)C(=C)C)COC(=O)C(=C)C. The third-order valence-electron chi connectivity index (χ3n) is 10.1. The van der Waals surface area contributed by atoms with Crippen molar-refractivity contribution in [3.63, 3.8) is 0 Å². The minimum atomic E-state index is -1.51. The Morgan fingerprint density at radius 1 is 0.438 bits per heavy atom. The minimum absolute atomic E-state index is 0.0283. The monoisotopic (exact) mass is 900 g/mol. The summed E-state index contributed by atoms with van der Waals surface area (Å²) < 4.78 is 43.8. The highest BCUT2D eigenvalue weighted by atomic mass is 16.6. The Morgan fingerprint density at radius 2 is 0.703 bits per heavy atom. The molecule has 1 aliphatic carbocycles. The third-order valence-corrected chi connectivity index (χ3v) is 10.1. The maximum Gasteiger partial charge on any atom is 0.333 e. The number of hydrogen-bond donors (Lipinski definition) is 0. The summed E-state index contributed by atoms with van der Waals surface area (Å²) in [4.78, 5) is 102.